The highest BCUT2D eigenvalue weighted by molar-refractivity contribution is 6.31. The molecule has 3 rings (SSSR count). The average Bonchev–Trinajstić information content (AvgIpc) is 2.35. The maximum atomic E-state index is 6.33. The maximum Gasteiger partial charge on any atom is 0.0737 e. The van der Waals surface area contributed by atoms with Crippen molar-refractivity contribution in [2.45, 2.75) is 25.3 Å². The van der Waals surface area contributed by atoms with Crippen LogP contribution in [0.1, 0.15) is 19.8 Å². The third kappa shape index (κ3) is 2.28. The predicted molar refractivity (Wildman–Crippen MR) is 80.8 cm³/mol. The maximum absolute atomic E-state index is 6.33. The quantitative estimate of drug-likeness (QED) is 0.935. The largest absolute Gasteiger partial charge is 0.367 e. The van der Waals surface area contributed by atoms with Crippen molar-refractivity contribution >= 4 is 28.2 Å². The number of hydrogen-bond donors (Lipinski definition) is 1. The third-order valence-corrected chi connectivity index (χ3v) is 4.02. The molecule has 19 heavy (non-hydrogen) atoms. The van der Waals surface area contributed by atoms with Gasteiger partial charge in [-0.15, -0.1) is 0 Å². The van der Waals surface area contributed by atoms with Crippen LogP contribution in [0.4, 0.5) is 5.69 Å². The summed E-state index contributed by atoms with van der Waals surface area (Å²) in [5.41, 5.74) is 8.46. The fraction of sp³-hybridized carbons (Fsp3) is 0.400. The molecule has 0 amide bonds. The summed E-state index contributed by atoms with van der Waals surface area (Å²) in [6.45, 7) is 4.02. The lowest BCUT2D eigenvalue weighted by atomic mass is 9.85. The van der Waals surface area contributed by atoms with Crippen LogP contribution < -0.4 is 10.6 Å². The van der Waals surface area contributed by atoms with E-state index in [1.807, 2.05) is 24.4 Å². The number of benzene rings is 1. The first kappa shape index (κ1) is 12.7. The van der Waals surface area contributed by atoms with Gasteiger partial charge in [0.15, 0.2) is 0 Å². The fourth-order valence-corrected chi connectivity index (χ4v) is 3.09. The molecule has 1 aliphatic heterocycles. The summed E-state index contributed by atoms with van der Waals surface area (Å²) in [5.74, 6) is 0. The van der Waals surface area contributed by atoms with Crippen LogP contribution in [-0.2, 0) is 0 Å². The molecule has 1 aromatic heterocycles. The summed E-state index contributed by atoms with van der Waals surface area (Å²) in [6.07, 6.45) is 4.06. The van der Waals surface area contributed by atoms with Gasteiger partial charge < -0.3 is 10.6 Å². The minimum Gasteiger partial charge on any atom is -0.367 e. The Hall–Kier alpha value is -1.32. The molecule has 0 radical (unpaired) electrons. The minimum absolute atomic E-state index is 0.0171. The molecule has 1 aliphatic rings. The van der Waals surface area contributed by atoms with Crippen molar-refractivity contribution in [2.75, 3.05) is 18.0 Å². The zero-order valence-corrected chi connectivity index (χ0v) is 11.8. The minimum atomic E-state index is -0.0171. The van der Waals surface area contributed by atoms with E-state index >= 15 is 0 Å². The number of aromatic nitrogens is 1. The molecule has 2 aromatic rings. The van der Waals surface area contributed by atoms with Gasteiger partial charge in [0.25, 0.3) is 0 Å². The van der Waals surface area contributed by atoms with Crippen molar-refractivity contribution in [3.8, 4) is 0 Å². The zero-order chi connectivity index (χ0) is 13.5. The number of nitrogens with two attached hydrogens (primary N) is 1. The lowest BCUT2D eigenvalue weighted by Gasteiger charge is -2.49. The molecule has 100 valence electrons. The molecule has 0 atom stereocenters. The summed E-state index contributed by atoms with van der Waals surface area (Å²) in [4.78, 5) is 6.70. The summed E-state index contributed by atoms with van der Waals surface area (Å²) in [6, 6.07) is 7.91. The van der Waals surface area contributed by atoms with Crippen molar-refractivity contribution in [3.63, 3.8) is 0 Å². The number of anilines is 1. The van der Waals surface area contributed by atoms with Crippen LogP contribution in [0.15, 0.2) is 30.5 Å². The lowest BCUT2D eigenvalue weighted by Crippen LogP contribution is -2.67. The van der Waals surface area contributed by atoms with Gasteiger partial charge in [0, 0.05) is 35.4 Å². The number of pyridine rings is 1. The molecule has 1 saturated heterocycles. The van der Waals surface area contributed by atoms with Crippen LogP contribution in [0.2, 0.25) is 5.02 Å². The summed E-state index contributed by atoms with van der Waals surface area (Å²) < 4.78 is 0. The number of fused-ring (bicyclic) bond motifs is 1. The predicted octanol–water partition coefficient (Wildman–Crippen LogP) is 3.21. The normalized spacial score (nSPS) is 17.5. The van der Waals surface area contributed by atoms with Gasteiger partial charge in [-0.2, -0.15) is 0 Å². The Morgan fingerprint density at radius 2 is 2.16 bits per heavy atom. The van der Waals surface area contributed by atoms with Crippen LogP contribution in [0.25, 0.3) is 10.9 Å². The van der Waals surface area contributed by atoms with Crippen LogP contribution in [0.5, 0.6) is 0 Å². The van der Waals surface area contributed by atoms with Gasteiger partial charge in [-0.3, -0.25) is 4.98 Å². The first-order chi connectivity index (χ1) is 9.11. The average molecular weight is 276 g/mol. The monoisotopic (exact) mass is 275 g/mol. The highest BCUT2D eigenvalue weighted by Crippen LogP contribution is 2.34. The summed E-state index contributed by atoms with van der Waals surface area (Å²) in [5, 5.41) is 1.87. The second-order valence-corrected chi connectivity index (χ2v) is 5.90. The van der Waals surface area contributed by atoms with Gasteiger partial charge in [0.05, 0.1) is 11.1 Å². The van der Waals surface area contributed by atoms with Crippen molar-refractivity contribution in [1.29, 1.82) is 0 Å². The van der Waals surface area contributed by atoms with Crippen LogP contribution in [-0.4, -0.2) is 23.6 Å². The fourth-order valence-electron chi connectivity index (χ4n) is 2.92. The molecule has 1 fully saturated rings. The topological polar surface area (TPSA) is 42.1 Å². The van der Waals surface area contributed by atoms with Crippen molar-refractivity contribution < 1.29 is 0 Å². The highest BCUT2D eigenvalue weighted by Gasteiger charge is 2.39. The Morgan fingerprint density at radius 3 is 2.89 bits per heavy atom. The molecule has 0 aliphatic carbocycles. The standard InChI is InChI=1S/C15H18ClN3/c1-2-6-15(17)9-19(10-15)14-5-7-18-13-8-11(16)3-4-12(13)14/h3-5,7-8H,2,6,9-10,17H2,1H3. The molecule has 2 N–H and O–H groups in total. The number of hydrogen-bond acceptors (Lipinski definition) is 3. The second kappa shape index (κ2) is 4.66. The zero-order valence-electron chi connectivity index (χ0n) is 11.1. The number of rotatable bonds is 3. The molecule has 0 spiro atoms. The molecule has 0 bridgehead atoms. The van der Waals surface area contributed by atoms with Gasteiger partial charge >= 0.3 is 0 Å². The van der Waals surface area contributed by atoms with Gasteiger partial charge in [0.2, 0.25) is 0 Å². The molecule has 3 nitrogen and oxygen atoms in total. The first-order valence-electron chi connectivity index (χ1n) is 6.69. The van der Waals surface area contributed by atoms with E-state index < -0.39 is 0 Å². The summed E-state index contributed by atoms with van der Waals surface area (Å²) >= 11 is 6.01. The molecular formula is C15H18ClN3. The molecule has 0 unspecified atom stereocenters. The Balaban J connectivity index is 1.91. The Kier molecular flexibility index (Phi) is 3.11. The second-order valence-electron chi connectivity index (χ2n) is 5.46. The van der Waals surface area contributed by atoms with E-state index in [0.717, 1.165) is 41.9 Å². The van der Waals surface area contributed by atoms with E-state index in [-0.39, 0.29) is 5.54 Å². The van der Waals surface area contributed by atoms with E-state index in [4.69, 9.17) is 17.3 Å². The highest BCUT2D eigenvalue weighted by atomic mass is 35.5. The molecular weight excluding hydrogens is 258 g/mol. The van der Waals surface area contributed by atoms with Crippen molar-refractivity contribution in [3.05, 3.63) is 35.5 Å². The van der Waals surface area contributed by atoms with Crippen molar-refractivity contribution in [1.82, 2.24) is 4.98 Å². The molecule has 0 saturated carbocycles. The van der Waals surface area contributed by atoms with E-state index in [1.54, 1.807) is 0 Å². The van der Waals surface area contributed by atoms with E-state index in [2.05, 4.69) is 22.9 Å². The number of nitrogens with zero attached hydrogens (tertiary/aromatic N) is 2. The van der Waals surface area contributed by atoms with Crippen LogP contribution >= 0.6 is 11.6 Å². The third-order valence-electron chi connectivity index (χ3n) is 3.78. The summed E-state index contributed by atoms with van der Waals surface area (Å²) in [7, 11) is 0. The Morgan fingerprint density at radius 1 is 1.37 bits per heavy atom. The van der Waals surface area contributed by atoms with Gasteiger partial charge in [-0.05, 0) is 30.7 Å². The van der Waals surface area contributed by atoms with Gasteiger partial charge in [-0.1, -0.05) is 24.9 Å². The van der Waals surface area contributed by atoms with E-state index in [9.17, 15) is 0 Å². The van der Waals surface area contributed by atoms with Gasteiger partial charge in [-0.25, -0.2) is 0 Å². The Labute approximate surface area is 118 Å². The van der Waals surface area contributed by atoms with Crippen LogP contribution in [0.3, 0.4) is 0 Å². The van der Waals surface area contributed by atoms with Crippen LogP contribution in [0, 0.1) is 0 Å². The molecule has 4 heteroatoms. The van der Waals surface area contributed by atoms with Crippen molar-refractivity contribution in [2.24, 2.45) is 5.73 Å². The number of halogens is 1. The van der Waals surface area contributed by atoms with E-state index in [1.165, 1.54) is 5.69 Å². The van der Waals surface area contributed by atoms with E-state index in [0.29, 0.717) is 0 Å². The Bertz CT molecular complexity index is 605. The lowest BCUT2D eigenvalue weighted by molar-refractivity contribution is 0.308. The first-order valence-corrected chi connectivity index (χ1v) is 7.07. The molecule has 2 heterocycles. The SMILES string of the molecule is CCCC1(N)CN(c2ccnc3cc(Cl)ccc23)C1. The smallest absolute Gasteiger partial charge is 0.0737 e. The van der Waals surface area contributed by atoms with Gasteiger partial charge in [0.1, 0.15) is 0 Å². The molecule has 1 aromatic carbocycles.